The van der Waals surface area contributed by atoms with Gasteiger partial charge in [-0.25, -0.2) is 4.79 Å². The molecule has 0 unspecified atom stereocenters. The molecule has 2 amide bonds. The third-order valence-electron chi connectivity index (χ3n) is 3.13. The number of rotatable bonds is 3. The second-order valence-corrected chi connectivity index (χ2v) is 4.23. The van der Waals surface area contributed by atoms with Crippen LogP contribution in [-0.2, 0) is 9.53 Å². The maximum atomic E-state index is 12.1. The molecule has 1 N–H and O–H groups in total. The van der Waals surface area contributed by atoms with E-state index in [0.29, 0.717) is 0 Å². The van der Waals surface area contributed by atoms with Gasteiger partial charge in [0.25, 0.3) is 11.8 Å². The maximum absolute atomic E-state index is 12.1. The van der Waals surface area contributed by atoms with Crippen LogP contribution in [-0.4, -0.2) is 47.0 Å². The molecule has 0 fully saturated rings. The van der Waals surface area contributed by atoms with Crippen LogP contribution in [0.3, 0.4) is 0 Å². The SMILES string of the molecule is COC(=O)[C@@H](O)[C@H](C)N1C(=O)c2ccccc2C1=O. The van der Waals surface area contributed by atoms with E-state index in [2.05, 4.69) is 4.74 Å². The number of hydrogen-bond acceptors (Lipinski definition) is 5. The second kappa shape index (κ2) is 4.81. The smallest absolute Gasteiger partial charge is 0.336 e. The quantitative estimate of drug-likeness (QED) is 0.622. The van der Waals surface area contributed by atoms with Crippen molar-refractivity contribution in [3.05, 3.63) is 35.4 Å². The van der Waals surface area contributed by atoms with E-state index in [1.807, 2.05) is 0 Å². The molecule has 6 nitrogen and oxygen atoms in total. The lowest BCUT2D eigenvalue weighted by Crippen LogP contribution is -2.48. The molecule has 0 radical (unpaired) electrons. The Kier molecular flexibility index (Phi) is 3.35. The highest BCUT2D eigenvalue weighted by atomic mass is 16.5. The minimum atomic E-state index is -1.56. The van der Waals surface area contributed by atoms with Crippen LogP contribution < -0.4 is 0 Å². The van der Waals surface area contributed by atoms with E-state index in [4.69, 9.17) is 0 Å². The summed E-state index contributed by atoms with van der Waals surface area (Å²) in [6.45, 7) is 1.42. The number of fused-ring (bicyclic) bond motifs is 1. The highest BCUT2D eigenvalue weighted by Crippen LogP contribution is 2.25. The number of imide groups is 1. The number of esters is 1. The van der Waals surface area contributed by atoms with Crippen molar-refractivity contribution in [1.82, 2.24) is 4.90 Å². The molecule has 0 spiro atoms. The number of benzene rings is 1. The normalized spacial score (nSPS) is 17.1. The van der Waals surface area contributed by atoms with Gasteiger partial charge in [-0.2, -0.15) is 0 Å². The van der Waals surface area contributed by atoms with E-state index in [0.717, 1.165) is 12.0 Å². The first-order chi connectivity index (χ1) is 8.99. The van der Waals surface area contributed by atoms with Crippen molar-refractivity contribution >= 4 is 17.8 Å². The predicted octanol–water partition coefficient (Wildman–Crippen LogP) is 0.205. The minimum Gasteiger partial charge on any atom is -0.467 e. The number of nitrogens with zero attached hydrogens (tertiary/aromatic N) is 1. The van der Waals surface area contributed by atoms with Crippen LogP contribution in [0, 0.1) is 0 Å². The van der Waals surface area contributed by atoms with E-state index < -0.39 is 29.9 Å². The number of aliphatic hydroxyl groups is 1. The molecule has 1 aromatic rings. The van der Waals surface area contributed by atoms with Gasteiger partial charge in [0.05, 0.1) is 24.3 Å². The first-order valence-corrected chi connectivity index (χ1v) is 5.72. The number of methoxy groups -OCH3 is 1. The molecule has 0 bridgehead atoms. The zero-order valence-corrected chi connectivity index (χ0v) is 10.5. The lowest BCUT2D eigenvalue weighted by molar-refractivity contribution is -0.152. The van der Waals surface area contributed by atoms with Crippen LogP contribution in [0.25, 0.3) is 0 Å². The Hall–Kier alpha value is -2.21. The summed E-state index contributed by atoms with van der Waals surface area (Å²) in [4.78, 5) is 36.4. The summed E-state index contributed by atoms with van der Waals surface area (Å²) in [5.41, 5.74) is 0.549. The standard InChI is InChI=1S/C13H13NO5/c1-7(10(15)13(18)19-2)14-11(16)8-5-3-4-6-9(8)12(14)17/h3-7,10,15H,1-2H3/t7-,10-/m0/s1. The fourth-order valence-electron chi connectivity index (χ4n) is 2.04. The van der Waals surface area contributed by atoms with Crippen LogP contribution in [0.2, 0.25) is 0 Å². The van der Waals surface area contributed by atoms with E-state index >= 15 is 0 Å². The summed E-state index contributed by atoms with van der Waals surface area (Å²) >= 11 is 0. The Morgan fingerprint density at radius 3 is 2.11 bits per heavy atom. The van der Waals surface area contributed by atoms with Gasteiger partial charge < -0.3 is 9.84 Å². The van der Waals surface area contributed by atoms with Crippen molar-refractivity contribution in [1.29, 1.82) is 0 Å². The van der Waals surface area contributed by atoms with Crippen molar-refractivity contribution in [3.8, 4) is 0 Å². The van der Waals surface area contributed by atoms with Gasteiger partial charge in [0.2, 0.25) is 0 Å². The fraction of sp³-hybridized carbons (Fsp3) is 0.308. The summed E-state index contributed by atoms with van der Waals surface area (Å²) in [6.07, 6.45) is -1.56. The molecule has 100 valence electrons. The van der Waals surface area contributed by atoms with E-state index in [1.54, 1.807) is 12.1 Å². The predicted molar refractivity (Wildman–Crippen MR) is 64.4 cm³/mol. The van der Waals surface area contributed by atoms with E-state index in [9.17, 15) is 19.5 Å². The Morgan fingerprint density at radius 1 is 1.21 bits per heavy atom. The van der Waals surface area contributed by atoms with Crippen LogP contribution in [0.4, 0.5) is 0 Å². The summed E-state index contributed by atoms with van der Waals surface area (Å²) < 4.78 is 4.40. The Bertz CT molecular complexity index is 519. The van der Waals surface area contributed by atoms with Gasteiger partial charge in [-0.15, -0.1) is 0 Å². The lowest BCUT2D eigenvalue weighted by atomic mass is 10.1. The highest BCUT2D eigenvalue weighted by Gasteiger charge is 2.42. The highest BCUT2D eigenvalue weighted by molar-refractivity contribution is 6.21. The van der Waals surface area contributed by atoms with Crippen molar-refractivity contribution in [2.75, 3.05) is 7.11 Å². The maximum Gasteiger partial charge on any atom is 0.336 e. The molecule has 1 aliphatic rings. The summed E-state index contributed by atoms with van der Waals surface area (Å²) in [5, 5.41) is 9.74. The van der Waals surface area contributed by atoms with E-state index in [1.165, 1.54) is 19.1 Å². The number of aliphatic hydroxyl groups excluding tert-OH is 1. The summed E-state index contributed by atoms with van der Waals surface area (Å²) in [6, 6.07) is 5.38. The van der Waals surface area contributed by atoms with Gasteiger partial charge in [0.1, 0.15) is 0 Å². The topological polar surface area (TPSA) is 83.9 Å². The summed E-state index contributed by atoms with van der Waals surface area (Å²) in [5.74, 6) is -1.92. The third kappa shape index (κ3) is 2.00. The molecule has 0 saturated carbocycles. The van der Waals surface area contributed by atoms with Gasteiger partial charge >= 0.3 is 5.97 Å². The average Bonchev–Trinajstić information content (AvgIpc) is 2.69. The van der Waals surface area contributed by atoms with E-state index in [-0.39, 0.29) is 11.1 Å². The molecule has 1 aliphatic heterocycles. The Morgan fingerprint density at radius 2 is 1.68 bits per heavy atom. The molecule has 19 heavy (non-hydrogen) atoms. The first kappa shape index (κ1) is 13.2. The largest absolute Gasteiger partial charge is 0.467 e. The van der Waals surface area contributed by atoms with Crippen molar-refractivity contribution in [2.45, 2.75) is 19.1 Å². The molecule has 0 aliphatic carbocycles. The van der Waals surface area contributed by atoms with Gasteiger partial charge in [0.15, 0.2) is 6.10 Å². The molecule has 1 aromatic carbocycles. The monoisotopic (exact) mass is 263 g/mol. The average molecular weight is 263 g/mol. The molecule has 6 heteroatoms. The van der Waals surface area contributed by atoms with Gasteiger partial charge in [-0.3, -0.25) is 14.5 Å². The van der Waals surface area contributed by atoms with Crippen molar-refractivity contribution in [3.63, 3.8) is 0 Å². The van der Waals surface area contributed by atoms with Gasteiger partial charge in [-0.1, -0.05) is 12.1 Å². The van der Waals surface area contributed by atoms with Crippen LogP contribution in [0.15, 0.2) is 24.3 Å². The molecule has 2 rings (SSSR count). The summed E-state index contributed by atoms with van der Waals surface area (Å²) in [7, 11) is 1.13. The van der Waals surface area contributed by atoms with Gasteiger partial charge in [0, 0.05) is 0 Å². The zero-order valence-electron chi connectivity index (χ0n) is 10.5. The van der Waals surface area contributed by atoms with Crippen molar-refractivity contribution < 1.29 is 24.2 Å². The van der Waals surface area contributed by atoms with Crippen LogP contribution in [0.1, 0.15) is 27.6 Å². The zero-order chi connectivity index (χ0) is 14.2. The number of carbonyl (C=O) groups excluding carboxylic acids is 3. The van der Waals surface area contributed by atoms with Crippen molar-refractivity contribution in [2.24, 2.45) is 0 Å². The van der Waals surface area contributed by atoms with Crippen LogP contribution in [0.5, 0.6) is 0 Å². The Labute approximate surface area is 109 Å². The number of hydrogen-bond donors (Lipinski definition) is 1. The molecular weight excluding hydrogens is 250 g/mol. The molecule has 1 heterocycles. The Balaban J connectivity index is 2.32. The molecule has 0 aromatic heterocycles. The fourth-order valence-corrected chi connectivity index (χ4v) is 2.04. The minimum absolute atomic E-state index is 0.274. The number of amides is 2. The van der Waals surface area contributed by atoms with Gasteiger partial charge in [-0.05, 0) is 19.1 Å². The van der Waals surface area contributed by atoms with Crippen LogP contribution >= 0.6 is 0 Å². The molecule has 2 atom stereocenters. The first-order valence-electron chi connectivity index (χ1n) is 5.72. The molecule has 0 saturated heterocycles. The lowest BCUT2D eigenvalue weighted by Gasteiger charge is -2.25. The second-order valence-electron chi connectivity index (χ2n) is 4.23. The molecular formula is C13H13NO5. The third-order valence-corrected chi connectivity index (χ3v) is 3.13. The number of carbonyl (C=O) groups is 3. The number of ether oxygens (including phenoxy) is 1.